The van der Waals surface area contributed by atoms with Crippen LogP contribution in [0, 0.1) is 0 Å². The van der Waals surface area contributed by atoms with Crippen molar-refractivity contribution in [3.63, 3.8) is 0 Å². The van der Waals surface area contributed by atoms with Gasteiger partial charge in [-0.3, -0.25) is 0 Å². The normalized spacial score (nSPS) is 12.5. The van der Waals surface area contributed by atoms with Gasteiger partial charge < -0.3 is 15.2 Å². The molecule has 31 heavy (non-hydrogen) atoms. The van der Waals surface area contributed by atoms with Crippen molar-refractivity contribution >= 4 is 45.7 Å². The molecule has 0 aliphatic carbocycles. The van der Waals surface area contributed by atoms with E-state index < -0.39 is 6.61 Å². The molecule has 1 N–H and O–H groups in total. The predicted octanol–water partition coefficient (Wildman–Crippen LogP) is 5.06. The summed E-state index contributed by atoms with van der Waals surface area (Å²) < 4.78 is 30.8. The summed E-state index contributed by atoms with van der Waals surface area (Å²) in [4.78, 5) is 0.779. The van der Waals surface area contributed by atoms with Crippen molar-refractivity contribution in [2.45, 2.75) is 32.8 Å². The number of alkyl halides is 2. The third kappa shape index (κ3) is 5.86. The Morgan fingerprint density at radius 2 is 1.74 bits per heavy atom. The molecule has 3 aromatic rings. The van der Waals surface area contributed by atoms with Gasteiger partial charge in [-0.05, 0) is 52.4 Å². The molecule has 0 amide bonds. The van der Waals surface area contributed by atoms with Crippen LogP contribution in [0.5, 0.6) is 5.75 Å². The number of nitrogens with zero attached hydrogens (tertiary/aromatic N) is 1. The zero-order chi connectivity index (χ0) is 22.6. The lowest BCUT2D eigenvalue weighted by Crippen LogP contribution is -2.40. The van der Waals surface area contributed by atoms with Crippen LogP contribution in [0.1, 0.15) is 31.2 Å². The van der Waals surface area contributed by atoms with Crippen LogP contribution < -0.4 is 19.7 Å². The number of halogens is 2. The molecule has 0 fully saturated rings. The van der Waals surface area contributed by atoms with Crippen LogP contribution in [0.2, 0.25) is 0 Å². The average Bonchev–Trinajstić information content (AvgIpc) is 3.24. The van der Waals surface area contributed by atoms with Gasteiger partial charge in [0.15, 0.2) is 17.4 Å². The number of hydrogen-bond donors (Lipinski definition) is 1. The van der Waals surface area contributed by atoms with Gasteiger partial charge in [0, 0.05) is 22.7 Å². The highest BCUT2D eigenvalue weighted by Crippen LogP contribution is 2.24. The Bertz CT molecular complexity index is 1060. The second-order valence-electron chi connectivity index (χ2n) is 7.76. The third-order valence-corrected chi connectivity index (χ3v) is 5.63. The Balaban J connectivity index is 1.93. The molecule has 0 saturated heterocycles. The van der Waals surface area contributed by atoms with Gasteiger partial charge in [0.25, 0.3) is 0 Å². The van der Waals surface area contributed by atoms with Gasteiger partial charge in [-0.25, -0.2) is 0 Å². The van der Waals surface area contributed by atoms with Gasteiger partial charge >= 0.3 is 6.61 Å². The fourth-order valence-corrected chi connectivity index (χ4v) is 3.83. The quantitative estimate of drug-likeness (QED) is 0.242. The Kier molecular flexibility index (Phi) is 7.02. The average molecular weight is 461 g/mol. The number of pyridine rings is 1. The summed E-state index contributed by atoms with van der Waals surface area (Å²) in [6.45, 7) is 3.45. The van der Waals surface area contributed by atoms with Crippen molar-refractivity contribution in [1.82, 2.24) is 0 Å². The number of benzene rings is 1. The third-order valence-electron chi connectivity index (χ3n) is 4.47. The maximum atomic E-state index is 13.2. The Labute approximate surface area is 189 Å². The fourth-order valence-electron chi connectivity index (χ4n) is 2.85. The maximum Gasteiger partial charge on any atom is 0.387 e. The molecule has 0 aliphatic heterocycles. The zero-order valence-corrected chi connectivity index (χ0v) is 18.9. The van der Waals surface area contributed by atoms with Crippen molar-refractivity contribution in [3.8, 4) is 5.75 Å². The molecule has 0 saturated carbocycles. The number of nitrogens with one attached hydrogen (secondary N) is 1. The minimum absolute atomic E-state index is 0.0299. The minimum Gasteiger partial charge on any atom is -0.867 e. The molecule has 1 aromatic carbocycles. The van der Waals surface area contributed by atoms with Gasteiger partial charge in [-0.15, -0.1) is 11.3 Å². The van der Waals surface area contributed by atoms with Crippen molar-refractivity contribution in [1.29, 1.82) is 0 Å². The number of thiocarbonyl (C=S) groups is 1. The van der Waals surface area contributed by atoms with E-state index in [0.29, 0.717) is 16.3 Å². The molecule has 2 heterocycles. The first kappa shape index (κ1) is 22.8. The lowest BCUT2D eigenvalue weighted by molar-refractivity contribution is -0.577. The van der Waals surface area contributed by atoms with E-state index in [1.165, 1.54) is 23.5 Å². The van der Waals surface area contributed by atoms with E-state index in [4.69, 9.17) is 12.2 Å². The van der Waals surface area contributed by atoms with E-state index in [-0.39, 0.29) is 21.9 Å². The van der Waals surface area contributed by atoms with Crippen molar-refractivity contribution in [2.24, 2.45) is 0 Å². The maximum absolute atomic E-state index is 13.2. The molecule has 0 bridgehead atoms. The monoisotopic (exact) mass is 460 g/mol. The number of anilines is 1. The Morgan fingerprint density at radius 3 is 2.26 bits per heavy atom. The molecule has 0 atom stereocenters. The lowest BCUT2D eigenvalue weighted by Gasteiger charge is -2.19. The molecule has 162 valence electrons. The van der Waals surface area contributed by atoms with E-state index in [1.54, 1.807) is 28.8 Å². The van der Waals surface area contributed by atoms with Gasteiger partial charge in [0.05, 0.1) is 0 Å². The van der Waals surface area contributed by atoms with Crippen LogP contribution >= 0.6 is 23.6 Å². The largest absolute Gasteiger partial charge is 0.867 e. The summed E-state index contributed by atoms with van der Waals surface area (Å²) in [5, 5.41) is 18.1. The Hall–Kier alpha value is -2.84. The topological polar surface area (TPSA) is 48.2 Å². The minimum atomic E-state index is -2.89. The number of aromatic nitrogens is 1. The molecule has 0 spiro atoms. The summed E-state index contributed by atoms with van der Waals surface area (Å²) in [7, 11) is 0. The lowest BCUT2D eigenvalue weighted by atomic mass is 9.88. The first-order chi connectivity index (χ1) is 14.6. The van der Waals surface area contributed by atoms with E-state index >= 15 is 0 Å². The van der Waals surface area contributed by atoms with Crippen LogP contribution in [0.25, 0.3) is 11.5 Å². The first-order valence-corrected chi connectivity index (χ1v) is 10.8. The van der Waals surface area contributed by atoms with Gasteiger partial charge in [0.1, 0.15) is 5.75 Å². The van der Waals surface area contributed by atoms with Crippen molar-refractivity contribution in [2.75, 3.05) is 5.32 Å². The highest BCUT2D eigenvalue weighted by Gasteiger charge is 2.21. The number of ether oxygens (including phenoxy) is 1. The first-order valence-electron chi connectivity index (χ1n) is 9.49. The van der Waals surface area contributed by atoms with Crippen LogP contribution in [-0.2, 0) is 5.41 Å². The van der Waals surface area contributed by atoms with Gasteiger partial charge in [0.2, 0.25) is 5.70 Å². The van der Waals surface area contributed by atoms with Gasteiger partial charge in [-0.2, -0.15) is 13.3 Å². The highest BCUT2D eigenvalue weighted by molar-refractivity contribution is 7.81. The summed E-state index contributed by atoms with van der Waals surface area (Å²) in [5.74, 6) is -0.170. The second-order valence-corrected chi connectivity index (χ2v) is 9.11. The summed E-state index contributed by atoms with van der Waals surface area (Å²) in [6, 6.07) is 13.4. The van der Waals surface area contributed by atoms with E-state index in [9.17, 15) is 13.9 Å². The summed E-state index contributed by atoms with van der Waals surface area (Å²) in [6.07, 6.45) is 3.63. The number of hydrogen-bond acceptors (Lipinski definition) is 4. The fraction of sp³-hybridized carbons (Fsp3) is 0.217. The zero-order valence-electron chi connectivity index (χ0n) is 17.3. The molecular formula is C23H22F2N2O2S2. The van der Waals surface area contributed by atoms with Crippen LogP contribution in [0.4, 0.5) is 14.5 Å². The van der Waals surface area contributed by atoms with Crippen LogP contribution in [0.3, 0.4) is 0 Å². The number of rotatable bonds is 6. The number of thiophene rings is 1. The van der Waals surface area contributed by atoms with Gasteiger partial charge in [-0.1, -0.05) is 39.1 Å². The SMILES string of the molecule is CC(C)(C)c1cc[n+](C(C(=S)Nc2ccc(OC(F)F)cc2)=C([O-])c2cccs2)cc1. The molecular weight excluding hydrogens is 438 g/mol. The second kappa shape index (κ2) is 9.53. The van der Waals surface area contributed by atoms with Crippen molar-refractivity contribution < 1.29 is 23.2 Å². The summed E-state index contributed by atoms with van der Waals surface area (Å²) in [5.41, 5.74) is 1.94. The molecule has 2 aromatic heterocycles. The smallest absolute Gasteiger partial charge is 0.387 e. The van der Waals surface area contributed by atoms with E-state index in [0.717, 1.165) is 5.56 Å². The van der Waals surface area contributed by atoms with E-state index in [2.05, 4.69) is 30.8 Å². The molecule has 0 aliphatic rings. The molecule has 3 rings (SSSR count). The standard InChI is InChI=1S/C23H22F2N2O2S2/c1-23(2,3)15-10-12-27(13-11-15)19(20(28)18-5-4-14-31-18)21(30)26-16-6-8-17(9-7-16)29-22(24)25/h4-14,22H,1-3H3,(H-,26,28,30). The summed E-state index contributed by atoms with van der Waals surface area (Å²) >= 11 is 6.90. The molecule has 8 heteroatoms. The molecule has 0 radical (unpaired) electrons. The van der Waals surface area contributed by atoms with Crippen LogP contribution in [0.15, 0.2) is 66.3 Å². The molecule has 4 nitrogen and oxygen atoms in total. The van der Waals surface area contributed by atoms with E-state index in [1.807, 2.05) is 29.9 Å². The van der Waals surface area contributed by atoms with Crippen LogP contribution in [-0.4, -0.2) is 11.6 Å². The predicted molar refractivity (Wildman–Crippen MR) is 122 cm³/mol. The van der Waals surface area contributed by atoms with Crippen molar-refractivity contribution in [3.05, 3.63) is 76.7 Å². The Morgan fingerprint density at radius 1 is 1.10 bits per heavy atom. The molecule has 0 unspecified atom stereocenters. The highest BCUT2D eigenvalue weighted by atomic mass is 32.1.